The molecule has 0 radical (unpaired) electrons. The molecule has 1 saturated heterocycles. The van der Waals surface area contributed by atoms with Crippen molar-refractivity contribution < 1.29 is 13.2 Å². The minimum atomic E-state index is -3.42. The number of sulfonamides is 1. The molecule has 1 aliphatic heterocycles. The van der Waals surface area contributed by atoms with Crippen LogP contribution in [0.4, 0.5) is 0 Å². The Balaban J connectivity index is 1.61. The van der Waals surface area contributed by atoms with Crippen molar-refractivity contribution in [2.24, 2.45) is 5.92 Å². The third-order valence-corrected chi connectivity index (χ3v) is 6.00. The van der Waals surface area contributed by atoms with Crippen molar-refractivity contribution in [3.8, 4) is 5.75 Å². The lowest BCUT2D eigenvalue weighted by Crippen LogP contribution is -2.51. The van der Waals surface area contributed by atoms with Gasteiger partial charge in [0.25, 0.3) is 0 Å². The fourth-order valence-electron chi connectivity index (χ4n) is 2.56. The maximum atomic E-state index is 12.5. The van der Waals surface area contributed by atoms with Crippen LogP contribution in [0.3, 0.4) is 0 Å². The Labute approximate surface area is 144 Å². The third-order valence-electron chi connectivity index (χ3n) is 3.74. The molecule has 0 saturated carbocycles. The summed E-state index contributed by atoms with van der Waals surface area (Å²) < 4.78 is 34.7. The van der Waals surface area contributed by atoms with Gasteiger partial charge in [-0.15, -0.1) is 0 Å². The van der Waals surface area contributed by atoms with Crippen LogP contribution in [0.5, 0.6) is 5.75 Å². The molecular weight excluding hydrogens is 382 g/mol. The zero-order chi connectivity index (χ0) is 16.4. The van der Waals surface area contributed by atoms with Gasteiger partial charge in [-0.2, -0.15) is 9.40 Å². The van der Waals surface area contributed by atoms with E-state index in [2.05, 4.69) is 21.0 Å². The van der Waals surface area contributed by atoms with Crippen molar-refractivity contribution >= 4 is 26.0 Å². The molecule has 124 valence electrons. The quantitative estimate of drug-likeness (QED) is 0.747. The molecule has 2 heterocycles. The lowest BCUT2D eigenvalue weighted by atomic mass is 10.0. The zero-order valence-electron chi connectivity index (χ0n) is 12.7. The predicted octanol–water partition coefficient (Wildman–Crippen LogP) is 2.37. The van der Waals surface area contributed by atoms with E-state index in [-0.39, 0.29) is 0 Å². The number of hydrogen-bond donors (Lipinski definition) is 0. The van der Waals surface area contributed by atoms with Gasteiger partial charge < -0.3 is 4.74 Å². The summed E-state index contributed by atoms with van der Waals surface area (Å²) in [6.45, 7) is 4.22. The van der Waals surface area contributed by atoms with Crippen LogP contribution in [-0.2, 0) is 16.6 Å². The summed E-state index contributed by atoms with van der Waals surface area (Å²) in [5.74, 6) is 0.969. The second-order valence-electron chi connectivity index (χ2n) is 5.47. The summed E-state index contributed by atoms with van der Waals surface area (Å²) in [5, 5.41) is 4.20. The summed E-state index contributed by atoms with van der Waals surface area (Å²) in [6.07, 6.45) is 3.62. The highest BCUT2D eigenvalue weighted by molar-refractivity contribution is 9.10. The van der Waals surface area contributed by atoms with E-state index < -0.39 is 10.0 Å². The van der Waals surface area contributed by atoms with Crippen molar-refractivity contribution in [2.75, 3.05) is 19.7 Å². The van der Waals surface area contributed by atoms with Crippen LogP contribution in [0.25, 0.3) is 0 Å². The maximum absolute atomic E-state index is 12.5. The summed E-state index contributed by atoms with van der Waals surface area (Å²) in [4.78, 5) is 0.307. The van der Waals surface area contributed by atoms with E-state index >= 15 is 0 Å². The second-order valence-corrected chi connectivity index (χ2v) is 8.33. The Morgan fingerprint density at radius 1 is 1.30 bits per heavy atom. The molecule has 1 aliphatic rings. The van der Waals surface area contributed by atoms with Crippen molar-refractivity contribution in [1.29, 1.82) is 0 Å². The summed E-state index contributed by atoms with van der Waals surface area (Å²) in [6, 6.07) is 6.57. The number of rotatable bonds is 6. The van der Waals surface area contributed by atoms with Crippen molar-refractivity contribution in [1.82, 2.24) is 14.1 Å². The van der Waals surface area contributed by atoms with Crippen LogP contribution in [0.1, 0.15) is 6.92 Å². The van der Waals surface area contributed by atoms with Gasteiger partial charge in [-0.25, -0.2) is 8.42 Å². The molecule has 0 aliphatic carbocycles. The van der Waals surface area contributed by atoms with Gasteiger partial charge in [0.05, 0.1) is 22.2 Å². The fraction of sp³-hybridized carbons (Fsp3) is 0.400. The highest BCUT2D eigenvalue weighted by atomic mass is 79.9. The number of halogens is 1. The minimum Gasteiger partial charge on any atom is -0.494 e. The SMILES string of the molecule is CCOc1ccc(S(=O)(=O)N2CC(Cn3cc(Br)cn3)C2)cc1. The number of benzene rings is 1. The molecule has 1 aromatic carbocycles. The molecule has 0 amide bonds. The van der Waals surface area contributed by atoms with Crippen LogP contribution in [0.15, 0.2) is 46.0 Å². The van der Waals surface area contributed by atoms with Gasteiger partial charge in [-0.05, 0) is 47.1 Å². The average molecular weight is 400 g/mol. The Morgan fingerprint density at radius 2 is 2.00 bits per heavy atom. The van der Waals surface area contributed by atoms with E-state index in [0.29, 0.717) is 36.3 Å². The monoisotopic (exact) mass is 399 g/mol. The first-order chi connectivity index (χ1) is 11.0. The van der Waals surface area contributed by atoms with Gasteiger partial charge in [-0.3, -0.25) is 4.68 Å². The first-order valence-electron chi connectivity index (χ1n) is 7.40. The molecule has 2 aromatic rings. The molecular formula is C15H18BrN3O3S. The molecule has 0 bridgehead atoms. The Kier molecular flexibility index (Phi) is 4.74. The smallest absolute Gasteiger partial charge is 0.243 e. The van der Waals surface area contributed by atoms with Gasteiger partial charge in [0.15, 0.2) is 0 Å². The zero-order valence-corrected chi connectivity index (χ0v) is 15.1. The van der Waals surface area contributed by atoms with Crippen LogP contribution < -0.4 is 4.74 Å². The molecule has 0 N–H and O–H groups in total. The first-order valence-corrected chi connectivity index (χ1v) is 9.63. The fourth-order valence-corrected chi connectivity index (χ4v) is 4.48. The topological polar surface area (TPSA) is 64.4 Å². The van der Waals surface area contributed by atoms with E-state index in [4.69, 9.17) is 4.74 Å². The molecule has 1 fully saturated rings. The summed E-state index contributed by atoms with van der Waals surface area (Å²) in [7, 11) is -3.42. The maximum Gasteiger partial charge on any atom is 0.243 e. The average Bonchev–Trinajstić information content (AvgIpc) is 2.88. The molecule has 23 heavy (non-hydrogen) atoms. The number of nitrogens with zero attached hydrogens (tertiary/aromatic N) is 3. The van der Waals surface area contributed by atoms with E-state index in [1.54, 1.807) is 30.5 Å². The Morgan fingerprint density at radius 3 is 2.57 bits per heavy atom. The van der Waals surface area contributed by atoms with Crippen molar-refractivity contribution in [2.45, 2.75) is 18.4 Å². The Hall–Kier alpha value is -1.38. The van der Waals surface area contributed by atoms with Crippen LogP contribution in [-0.4, -0.2) is 42.2 Å². The molecule has 3 rings (SSSR count). The standard InChI is InChI=1S/C15H18BrN3O3S/c1-2-22-14-3-5-15(6-4-14)23(20,21)19-9-12(10-19)8-18-11-13(16)7-17-18/h3-7,11-12H,2,8-10H2,1H3. The van der Waals surface area contributed by atoms with Crippen molar-refractivity contribution in [3.63, 3.8) is 0 Å². The number of hydrogen-bond acceptors (Lipinski definition) is 4. The van der Waals surface area contributed by atoms with E-state index in [1.165, 1.54) is 4.31 Å². The highest BCUT2D eigenvalue weighted by Gasteiger charge is 2.36. The number of ether oxygens (including phenoxy) is 1. The molecule has 0 unspecified atom stereocenters. The third kappa shape index (κ3) is 3.59. The lowest BCUT2D eigenvalue weighted by Gasteiger charge is -2.37. The summed E-state index contributed by atoms with van der Waals surface area (Å²) in [5.41, 5.74) is 0. The van der Waals surface area contributed by atoms with Crippen molar-refractivity contribution in [3.05, 3.63) is 41.1 Å². The molecule has 6 nitrogen and oxygen atoms in total. The molecule has 0 spiro atoms. The minimum absolute atomic E-state index is 0.291. The van der Waals surface area contributed by atoms with Crippen LogP contribution in [0, 0.1) is 5.92 Å². The van der Waals surface area contributed by atoms with Gasteiger partial charge in [0, 0.05) is 31.7 Å². The highest BCUT2D eigenvalue weighted by Crippen LogP contribution is 2.27. The first kappa shape index (κ1) is 16.5. The van der Waals surface area contributed by atoms with Gasteiger partial charge in [-0.1, -0.05) is 0 Å². The lowest BCUT2D eigenvalue weighted by molar-refractivity contribution is 0.175. The summed E-state index contributed by atoms with van der Waals surface area (Å²) >= 11 is 3.35. The van der Waals surface area contributed by atoms with E-state index in [1.807, 2.05) is 17.8 Å². The van der Waals surface area contributed by atoms with Gasteiger partial charge >= 0.3 is 0 Å². The number of aromatic nitrogens is 2. The van der Waals surface area contributed by atoms with E-state index in [0.717, 1.165) is 11.0 Å². The van der Waals surface area contributed by atoms with Gasteiger partial charge in [0.1, 0.15) is 5.75 Å². The second kappa shape index (κ2) is 6.62. The molecule has 1 aromatic heterocycles. The normalized spacial score (nSPS) is 16.3. The molecule has 8 heteroatoms. The van der Waals surface area contributed by atoms with Gasteiger partial charge in [0.2, 0.25) is 10.0 Å². The predicted molar refractivity (Wildman–Crippen MR) is 89.8 cm³/mol. The van der Waals surface area contributed by atoms with Crippen LogP contribution in [0.2, 0.25) is 0 Å². The largest absolute Gasteiger partial charge is 0.494 e. The van der Waals surface area contributed by atoms with E-state index in [9.17, 15) is 8.42 Å². The molecule has 0 atom stereocenters. The Bertz CT molecular complexity index is 768. The van der Waals surface area contributed by atoms with Crippen LogP contribution >= 0.6 is 15.9 Å².